The molecule has 4 nitrogen and oxygen atoms in total. The molecule has 0 radical (unpaired) electrons. The van der Waals surface area contributed by atoms with Crippen LogP contribution < -0.4 is 0 Å². The van der Waals surface area contributed by atoms with Crippen LogP contribution in [0.3, 0.4) is 0 Å². The van der Waals surface area contributed by atoms with Gasteiger partial charge in [0.2, 0.25) is 0 Å². The molecule has 0 aliphatic rings. The smallest absolute Gasteiger partial charge is 0.338 e. The van der Waals surface area contributed by atoms with Crippen LogP contribution in [-0.2, 0) is 14.3 Å². The Hall–Kier alpha value is -1.19. The van der Waals surface area contributed by atoms with E-state index in [9.17, 15) is 9.90 Å². The monoisotopic (exact) mass is 216 g/mol. The first-order valence-electron chi connectivity index (χ1n) is 4.82. The van der Waals surface area contributed by atoms with Crippen LogP contribution in [0.4, 0.5) is 0 Å². The fourth-order valence-corrected chi connectivity index (χ4v) is 0.775. The van der Waals surface area contributed by atoms with E-state index in [2.05, 4.69) is 0 Å². The molecule has 0 aliphatic carbocycles. The molecule has 0 aromatic rings. The Kier molecular flexibility index (Phi) is 4.19. The van der Waals surface area contributed by atoms with Gasteiger partial charge in [0.05, 0.1) is 0 Å². The van der Waals surface area contributed by atoms with E-state index < -0.39 is 23.1 Å². The van der Waals surface area contributed by atoms with E-state index in [-0.39, 0.29) is 0 Å². The standard InChI is InChI=1S/C11H20O4/c1-10(2,3)14-8(12)7-9(13)15-11(4,5)6/h7,12H,1-6H3/b8-7+. The maximum absolute atomic E-state index is 11.2. The zero-order valence-electron chi connectivity index (χ0n) is 10.2. The highest BCUT2D eigenvalue weighted by molar-refractivity contribution is 5.82. The van der Waals surface area contributed by atoms with Crippen LogP contribution in [-0.4, -0.2) is 22.3 Å². The number of aliphatic hydroxyl groups is 1. The molecule has 1 N–H and O–H groups in total. The molecule has 15 heavy (non-hydrogen) atoms. The second-order valence-electron chi connectivity index (χ2n) is 5.23. The van der Waals surface area contributed by atoms with Crippen molar-refractivity contribution in [2.45, 2.75) is 52.7 Å². The van der Waals surface area contributed by atoms with E-state index in [0.717, 1.165) is 6.08 Å². The van der Waals surface area contributed by atoms with E-state index in [1.165, 1.54) is 0 Å². The van der Waals surface area contributed by atoms with E-state index in [0.29, 0.717) is 0 Å². The van der Waals surface area contributed by atoms with Gasteiger partial charge >= 0.3 is 5.97 Å². The molecule has 0 rings (SSSR count). The van der Waals surface area contributed by atoms with Crippen LogP contribution in [0.5, 0.6) is 0 Å². The summed E-state index contributed by atoms with van der Waals surface area (Å²) in [4.78, 5) is 11.2. The lowest BCUT2D eigenvalue weighted by molar-refractivity contribution is -0.149. The Bertz CT molecular complexity index is 253. The maximum atomic E-state index is 11.2. The predicted octanol–water partition coefficient (Wildman–Crippen LogP) is 2.54. The normalized spacial score (nSPS) is 13.6. The molecule has 0 unspecified atom stereocenters. The summed E-state index contributed by atoms with van der Waals surface area (Å²) in [5.74, 6) is -1.05. The first-order chi connectivity index (χ1) is 6.49. The molecule has 0 bridgehead atoms. The van der Waals surface area contributed by atoms with Gasteiger partial charge in [-0.2, -0.15) is 0 Å². The van der Waals surface area contributed by atoms with Gasteiger partial charge in [0.25, 0.3) is 5.95 Å². The maximum Gasteiger partial charge on any atom is 0.338 e. The van der Waals surface area contributed by atoms with E-state index in [4.69, 9.17) is 9.47 Å². The minimum atomic E-state index is -0.621. The van der Waals surface area contributed by atoms with E-state index in [1.807, 2.05) is 0 Å². The van der Waals surface area contributed by atoms with Crippen LogP contribution in [0.15, 0.2) is 12.0 Å². The third-order valence-electron chi connectivity index (χ3n) is 1.06. The fraction of sp³-hybridized carbons (Fsp3) is 0.727. The van der Waals surface area contributed by atoms with Crippen LogP contribution in [0, 0.1) is 0 Å². The Balaban J connectivity index is 4.31. The average Bonchev–Trinajstić information content (AvgIpc) is 1.73. The number of ether oxygens (including phenoxy) is 2. The van der Waals surface area contributed by atoms with E-state index >= 15 is 0 Å². The first kappa shape index (κ1) is 13.8. The number of carbonyl (C=O) groups excluding carboxylic acids is 1. The lowest BCUT2D eigenvalue weighted by Crippen LogP contribution is -2.24. The molecular formula is C11H20O4. The molecule has 0 atom stereocenters. The summed E-state index contributed by atoms with van der Waals surface area (Å²) < 4.78 is 10.0. The van der Waals surface area contributed by atoms with Gasteiger partial charge in [-0.25, -0.2) is 4.79 Å². The third-order valence-corrected chi connectivity index (χ3v) is 1.06. The van der Waals surface area contributed by atoms with Crippen molar-refractivity contribution in [3.05, 3.63) is 12.0 Å². The highest BCUT2D eigenvalue weighted by atomic mass is 16.6. The number of rotatable bonds is 2. The molecule has 0 fully saturated rings. The van der Waals surface area contributed by atoms with Crippen molar-refractivity contribution < 1.29 is 19.4 Å². The molecular weight excluding hydrogens is 196 g/mol. The van der Waals surface area contributed by atoms with Gasteiger partial charge in [0.15, 0.2) is 0 Å². The Morgan fingerprint density at radius 1 is 1.00 bits per heavy atom. The minimum absolute atomic E-state index is 0.434. The van der Waals surface area contributed by atoms with Gasteiger partial charge < -0.3 is 14.6 Å². The van der Waals surface area contributed by atoms with Gasteiger partial charge in [-0.3, -0.25) is 0 Å². The first-order valence-corrected chi connectivity index (χ1v) is 4.82. The quantitative estimate of drug-likeness (QED) is 0.438. The largest absolute Gasteiger partial charge is 0.481 e. The number of hydrogen-bond acceptors (Lipinski definition) is 4. The number of aliphatic hydroxyl groups excluding tert-OH is 1. The second kappa shape index (κ2) is 4.55. The van der Waals surface area contributed by atoms with Crippen LogP contribution in [0.1, 0.15) is 41.5 Å². The number of esters is 1. The van der Waals surface area contributed by atoms with Crippen molar-refractivity contribution >= 4 is 5.97 Å². The minimum Gasteiger partial charge on any atom is -0.481 e. The van der Waals surface area contributed by atoms with Gasteiger partial charge in [-0.05, 0) is 41.5 Å². The van der Waals surface area contributed by atoms with Gasteiger partial charge in [-0.1, -0.05) is 0 Å². The van der Waals surface area contributed by atoms with Crippen LogP contribution in [0.25, 0.3) is 0 Å². The lowest BCUT2D eigenvalue weighted by atomic mass is 10.2. The van der Waals surface area contributed by atoms with E-state index in [1.54, 1.807) is 41.5 Å². The van der Waals surface area contributed by atoms with Crippen molar-refractivity contribution in [1.29, 1.82) is 0 Å². The predicted molar refractivity (Wildman–Crippen MR) is 57.4 cm³/mol. The Labute approximate surface area is 90.9 Å². The summed E-state index contributed by atoms with van der Waals surface area (Å²) in [6, 6.07) is 0. The molecule has 0 saturated carbocycles. The summed E-state index contributed by atoms with van der Waals surface area (Å²) >= 11 is 0. The molecule has 0 spiro atoms. The van der Waals surface area contributed by atoms with Crippen molar-refractivity contribution in [2.75, 3.05) is 0 Å². The summed E-state index contributed by atoms with van der Waals surface area (Å²) in [5, 5.41) is 9.29. The third kappa shape index (κ3) is 9.12. The van der Waals surface area contributed by atoms with Crippen LogP contribution >= 0.6 is 0 Å². The topological polar surface area (TPSA) is 55.8 Å². The van der Waals surface area contributed by atoms with Gasteiger partial charge in [0.1, 0.15) is 17.3 Å². The molecule has 0 aliphatic heterocycles. The average molecular weight is 216 g/mol. The zero-order chi connectivity index (χ0) is 12.3. The second-order valence-corrected chi connectivity index (χ2v) is 5.23. The van der Waals surface area contributed by atoms with Crippen molar-refractivity contribution in [2.24, 2.45) is 0 Å². The van der Waals surface area contributed by atoms with Crippen molar-refractivity contribution in [3.63, 3.8) is 0 Å². The molecule has 0 amide bonds. The molecule has 0 aromatic carbocycles. The van der Waals surface area contributed by atoms with Crippen molar-refractivity contribution in [3.8, 4) is 0 Å². The number of hydrogen-bond donors (Lipinski definition) is 1. The highest BCUT2D eigenvalue weighted by Gasteiger charge is 2.18. The zero-order valence-corrected chi connectivity index (χ0v) is 10.2. The summed E-state index contributed by atoms with van der Waals surface area (Å²) in [5.41, 5.74) is -1.11. The summed E-state index contributed by atoms with van der Waals surface area (Å²) in [6.07, 6.45) is 0.927. The van der Waals surface area contributed by atoms with Gasteiger partial charge in [0, 0.05) is 0 Å². The van der Waals surface area contributed by atoms with Crippen LogP contribution in [0.2, 0.25) is 0 Å². The number of carbonyl (C=O) groups is 1. The van der Waals surface area contributed by atoms with Gasteiger partial charge in [-0.15, -0.1) is 0 Å². The highest BCUT2D eigenvalue weighted by Crippen LogP contribution is 2.13. The molecule has 0 saturated heterocycles. The lowest BCUT2D eigenvalue weighted by Gasteiger charge is -2.21. The summed E-state index contributed by atoms with van der Waals surface area (Å²) in [7, 11) is 0. The fourth-order valence-electron chi connectivity index (χ4n) is 0.775. The molecule has 88 valence electrons. The molecule has 0 heterocycles. The Morgan fingerprint density at radius 2 is 1.40 bits per heavy atom. The molecule has 0 aromatic heterocycles. The SMILES string of the molecule is CC(C)(C)OC(=O)/C=C(\O)OC(C)(C)C. The Morgan fingerprint density at radius 3 is 1.73 bits per heavy atom. The molecule has 4 heteroatoms. The van der Waals surface area contributed by atoms with Crippen molar-refractivity contribution in [1.82, 2.24) is 0 Å². The summed E-state index contributed by atoms with van der Waals surface area (Å²) in [6.45, 7) is 10.6.